The van der Waals surface area contributed by atoms with Crippen LogP contribution in [0, 0.1) is 5.82 Å². The first-order valence-electron chi connectivity index (χ1n) is 6.25. The van der Waals surface area contributed by atoms with E-state index in [-0.39, 0.29) is 11.7 Å². The van der Waals surface area contributed by atoms with Crippen molar-refractivity contribution in [2.45, 2.75) is 26.3 Å². The van der Waals surface area contributed by atoms with Gasteiger partial charge >= 0.3 is 0 Å². The maximum absolute atomic E-state index is 13.3. The molecule has 4 heteroatoms. The second kappa shape index (κ2) is 4.12. The molecule has 3 rings (SSSR count). The van der Waals surface area contributed by atoms with Crippen molar-refractivity contribution in [3.05, 3.63) is 35.3 Å². The third-order valence-corrected chi connectivity index (χ3v) is 3.59. The van der Waals surface area contributed by atoms with E-state index >= 15 is 0 Å². The molecule has 0 saturated carbocycles. The standard InChI is InChI=1S/C14H15FN2O/c1-2-14(18)17-6-5-10-11-7-9(15)3-4-12(11)16-13(10)8-17/h3-4,7,16H,2,5-6,8H2,1H3. The van der Waals surface area contributed by atoms with Crippen molar-refractivity contribution in [3.8, 4) is 0 Å². The Bertz CT molecular complexity index is 618. The normalized spacial score (nSPS) is 14.9. The van der Waals surface area contributed by atoms with Crippen LogP contribution in [0.4, 0.5) is 4.39 Å². The van der Waals surface area contributed by atoms with Crippen LogP contribution in [0.5, 0.6) is 0 Å². The summed E-state index contributed by atoms with van der Waals surface area (Å²) in [4.78, 5) is 16.8. The predicted octanol–water partition coefficient (Wildman–Crippen LogP) is 2.60. The molecular formula is C14H15FN2O. The average Bonchev–Trinajstić information content (AvgIpc) is 2.74. The molecule has 0 spiro atoms. The lowest BCUT2D eigenvalue weighted by Crippen LogP contribution is -2.35. The highest BCUT2D eigenvalue weighted by Gasteiger charge is 2.22. The Hall–Kier alpha value is -1.84. The molecule has 0 radical (unpaired) electrons. The lowest BCUT2D eigenvalue weighted by molar-refractivity contribution is -0.131. The minimum Gasteiger partial charge on any atom is -0.357 e. The van der Waals surface area contributed by atoms with Gasteiger partial charge in [0, 0.05) is 29.6 Å². The number of carbonyl (C=O) groups excluding carboxylic acids is 1. The number of fused-ring (bicyclic) bond motifs is 3. The molecule has 0 unspecified atom stereocenters. The first-order valence-corrected chi connectivity index (χ1v) is 6.25. The molecule has 0 aliphatic carbocycles. The van der Waals surface area contributed by atoms with Gasteiger partial charge in [-0.05, 0) is 30.2 Å². The summed E-state index contributed by atoms with van der Waals surface area (Å²) in [6, 6.07) is 4.79. The van der Waals surface area contributed by atoms with Crippen LogP contribution in [-0.2, 0) is 17.8 Å². The molecule has 0 fully saturated rings. The fourth-order valence-corrected chi connectivity index (χ4v) is 2.65. The van der Waals surface area contributed by atoms with Crippen LogP contribution >= 0.6 is 0 Å². The second-order valence-corrected chi connectivity index (χ2v) is 4.69. The molecule has 94 valence electrons. The van der Waals surface area contributed by atoms with Crippen LogP contribution in [-0.4, -0.2) is 22.3 Å². The molecule has 0 saturated heterocycles. The third kappa shape index (κ3) is 1.68. The molecule has 0 atom stereocenters. The van der Waals surface area contributed by atoms with Gasteiger partial charge in [0.25, 0.3) is 0 Å². The molecule has 18 heavy (non-hydrogen) atoms. The highest BCUT2D eigenvalue weighted by atomic mass is 19.1. The summed E-state index contributed by atoms with van der Waals surface area (Å²) in [7, 11) is 0. The second-order valence-electron chi connectivity index (χ2n) is 4.69. The Morgan fingerprint density at radius 1 is 1.50 bits per heavy atom. The summed E-state index contributed by atoms with van der Waals surface area (Å²) < 4.78 is 13.3. The molecule has 1 N–H and O–H groups in total. The number of halogens is 1. The van der Waals surface area contributed by atoms with Crippen molar-refractivity contribution in [1.82, 2.24) is 9.88 Å². The van der Waals surface area contributed by atoms with Gasteiger partial charge < -0.3 is 9.88 Å². The number of aromatic nitrogens is 1. The van der Waals surface area contributed by atoms with E-state index in [9.17, 15) is 9.18 Å². The number of aromatic amines is 1. The van der Waals surface area contributed by atoms with Gasteiger partial charge in [0.2, 0.25) is 5.91 Å². The Kier molecular flexibility index (Phi) is 2.58. The molecule has 3 nitrogen and oxygen atoms in total. The minimum atomic E-state index is -0.212. The van der Waals surface area contributed by atoms with Crippen LogP contribution < -0.4 is 0 Å². The number of hydrogen-bond donors (Lipinski definition) is 1. The van der Waals surface area contributed by atoms with Gasteiger partial charge in [-0.2, -0.15) is 0 Å². The first kappa shape index (κ1) is 11.3. The van der Waals surface area contributed by atoms with E-state index in [4.69, 9.17) is 0 Å². The highest BCUT2D eigenvalue weighted by Crippen LogP contribution is 2.28. The lowest BCUT2D eigenvalue weighted by Gasteiger charge is -2.26. The Morgan fingerprint density at radius 2 is 2.33 bits per heavy atom. The van der Waals surface area contributed by atoms with Crippen molar-refractivity contribution in [1.29, 1.82) is 0 Å². The van der Waals surface area contributed by atoms with Crippen molar-refractivity contribution >= 4 is 16.8 Å². The van der Waals surface area contributed by atoms with E-state index < -0.39 is 0 Å². The number of nitrogens with one attached hydrogen (secondary N) is 1. The SMILES string of the molecule is CCC(=O)N1CCc2c([nH]c3ccc(F)cc23)C1. The minimum absolute atomic E-state index is 0.172. The van der Waals surface area contributed by atoms with Crippen LogP contribution in [0.3, 0.4) is 0 Å². The van der Waals surface area contributed by atoms with Crippen LogP contribution in [0.15, 0.2) is 18.2 Å². The topological polar surface area (TPSA) is 36.1 Å². The Balaban J connectivity index is 2.02. The fourth-order valence-electron chi connectivity index (χ4n) is 2.65. The van der Waals surface area contributed by atoms with Crippen molar-refractivity contribution in [3.63, 3.8) is 0 Å². The molecule has 0 bridgehead atoms. The van der Waals surface area contributed by atoms with Gasteiger partial charge in [0.15, 0.2) is 0 Å². The molecule has 1 aromatic heterocycles. The summed E-state index contributed by atoms with van der Waals surface area (Å²) in [5.74, 6) is -0.0400. The number of rotatable bonds is 1. The first-order chi connectivity index (χ1) is 8.69. The van der Waals surface area contributed by atoms with Gasteiger partial charge in [-0.15, -0.1) is 0 Å². The van der Waals surface area contributed by atoms with Crippen molar-refractivity contribution < 1.29 is 9.18 Å². The zero-order valence-electron chi connectivity index (χ0n) is 10.3. The summed E-state index contributed by atoms with van der Waals surface area (Å²) in [6.07, 6.45) is 1.33. The maximum Gasteiger partial charge on any atom is 0.222 e. The number of hydrogen-bond acceptors (Lipinski definition) is 1. The zero-order valence-corrected chi connectivity index (χ0v) is 10.3. The van der Waals surface area contributed by atoms with E-state index in [0.717, 1.165) is 35.1 Å². The number of benzene rings is 1. The average molecular weight is 246 g/mol. The quantitative estimate of drug-likeness (QED) is 0.825. The van der Waals surface area contributed by atoms with Crippen LogP contribution in [0.1, 0.15) is 24.6 Å². The molecular weight excluding hydrogens is 231 g/mol. The van der Waals surface area contributed by atoms with Gasteiger partial charge in [-0.25, -0.2) is 4.39 Å². The van der Waals surface area contributed by atoms with E-state index in [1.807, 2.05) is 11.8 Å². The third-order valence-electron chi connectivity index (χ3n) is 3.59. The van der Waals surface area contributed by atoms with Crippen LogP contribution in [0.2, 0.25) is 0 Å². The lowest BCUT2D eigenvalue weighted by atomic mass is 10.0. The van der Waals surface area contributed by atoms with E-state index in [0.29, 0.717) is 13.0 Å². The van der Waals surface area contributed by atoms with Gasteiger partial charge in [-0.3, -0.25) is 4.79 Å². The molecule has 2 aromatic rings. The number of nitrogens with zero attached hydrogens (tertiary/aromatic N) is 1. The van der Waals surface area contributed by atoms with Gasteiger partial charge in [0.1, 0.15) is 5.82 Å². The zero-order chi connectivity index (χ0) is 12.7. The molecule has 1 aromatic carbocycles. The van der Waals surface area contributed by atoms with Crippen molar-refractivity contribution in [2.24, 2.45) is 0 Å². The number of amides is 1. The van der Waals surface area contributed by atoms with Gasteiger partial charge in [0.05, 0.1) is 6.54 Å². The molecule has 1 aliphatic rings. The number of H-pyrrole nitrogens is 1. The summed E-state index contributed by atoms with van der Waals surface area (Å²) >= 11 is 0. The van der Waals surface area contributed by atoms with E-state index in [1.54, 1.807) is 12.1 Å². The highest BCUT2D eigenvalue weighted by molar-refractivity contribution is 5.85. The Morgan fingerprint density at radius 3 is 3.11 bits per heavy atom. The van der Waals surface area contributed by atoms with E-state index in [2.05, 4.69) is 4.98 Å². The van der Waals surface area contributed by atoms with Crippen molar-refractivity contribution in [2.75, 3.05) is 6.54 Å². The summed E-state index contributed by atoms with van der Waals surface area (Å²) in [5, 5.41) is 0.952. The predicted molar refractivity (Wildman–Crippen MR) is 67.7 cm³/mol. The maximum atomic E-state index is 13.3. The Labute approximate surface area is 105 Å². The van der Waals surface area contributed by atoms with E-state index in [1.165, 1.54) is 6.07 Å². The largest absolute Gasteiger partial charge is 0.357 e. The molecule has 1 aliphatic heterocycles. The summed E-state index contributed by atoms with van der Waals surface area (Å²) in [5.41, 5.74) is 3.15. The number of carbonyl (C=O) groups is 1. The molecule has 2 heterocycles. The monoisotopic (exact) mass is 246 g/mol. The fraction of sp³-hybridized carbons (Fsp3) is 0.357. The van der Waals surface area contributed by atoms with Crippen LogP contribution in [0.25, 0.3) is 10.9 Å². The molecule has 1 amide bonds. The summed E-state index contributed by atoms with van der Waals surface area (Å²) in [6.45, 7) is 3.21. The van der Waals surface area contributed by atoms with Gasteiger partial charge in [-0.1, -0.05) is 6.92 Å². The smallest absolute Gasteiger partial charge is 0.222 e.